The fourth-order valence-electron chi connectivity index (χ4n) is 4.15. The molecule has 0 bridgehead atoms. The topological polar surface area (TPSA) is 39.9 Å². The van der Waals surface area contributed by atoms with E-state index in [-0.39, 0.29) is 17.3 Å². The average molecular weight is 357 g/mol. The van der Waals surface area contributed by atoms with Crippen LogP contribution in [-0.4, -0.2) is 54.5 Å². The van der Waals surface area contributed by atoms with Crippen LogP contribution in [-0.2, 0) is 11.3 Å². The molecule has 0 radical (unpaired) electrons. The minimum absolute atomic E-state index is 0.0174. The molecule has 0 unspecified atom stereocenters. The van der Waals surface area contributed by atoms with E-state index in [1.807, 2.05) is 26.1 Å². The lowest BCUT2D eigenvalue weighted by Crippen LogP contribution is -2.64. The molecule has 2 aliphatic heterocycles. The maximum atomic E-state index is 13.6. The normalized spacial score (nSPS) is 24.7. The van der Waals surface area contributed by atoms with E-state index in [9.17, 15) is 9.18 Å². The summed E-state index contributed by atoms with van der Waals surface area (Å²) < 4.78 is 19.3. The molecule has 2 aliphatic rings. The van der Waals surface area contributed by atoms with Gasteiger partial charge in [0.2, 0.25) is 5.91 Å². The van der Waals surface area contributed by atoms with Gasteiger partial charge in [0, 0.05) is 25.3 Å². The van der Waals surface area contributed by atoms with Gasteiger partial charge in [0.05, 0.1) is 18.6 Å². The highest BCUT2D eigenvalue weighted by atomic mass is 19.1. The number of hydrogen-bond acceptors (Lipinski definition) is 4. The van der Waals surface area contributed by atoms with Crippen LogP contribution in [0.3, 0.4) is 0 Å². The Kier molecular flexibility index (Phi) is 4.32. The zero-order valence-corrected chi connectivity index (χ0v) is 15.2. The number of carbonyl (C=O) groups excluding carboxylic acids is 1. The van der Waals surface area contributed by atoms with Gasteiger partial charge in [0.15, 0.2) is 0 Å². The predicted octanol–water partition coefficient (Wildman–Crippen LogP) is 2.65. The summed E-state index contributed by atoms with van der Waals surface area (Å²) in [6, 6.07) is 10.3. The molecule has 26 heavy (non-hydrogen) atoms. The highest BCUT2D eigenvalue weighted by molar-refractivity contribution is 5.96. The van der Waals surface area contributed by atoms with Gasteiger partial charge < -0.3 is 9.32 Å². The number of furan rings is 1. The summed E-state index contributed by atoms with van der Waals surface area (Å²) in [7, 11) is 2.02. The number of rotatable bonds is 3. The van der Waals surface area contributed by atoms with Gasteiger partial charge in [-0.3, -0.25) is 14.6 Å². The first-order valence-corrected chi connectivity index (χ1v) is 9.00. The molecule has 1 atom stereocenters. The first kappa shape index (κ1) is 17.2. The molecule has 4 rings (SSSR count). The van der Waals surface area contributed by atoms with E-state index < -0.39 is 0 Å². The van der Waals surface area contributed by atoms with Gasteiger partial charge in [-0.2, -0.15) is 0 Å². The van der Waals surface area contributed by atoms with Gasteiger partial charge in [-0.15, -0.1) is 0 Å². The molecule has 2 aromatic rings. The van der Waals surface area contributed by atoms with Crippen LogP contribution in [0, 0.1) is 12.7 Å². The third-order valence-corrected chi connectivity index (χ3v) is 5.64. The fraction of sp³-hybridized carbons (Fsp3) is 0.450. The lowest BCUT2D eigenvalue weighted by Gasteiger charge is -2.47. The molecule has 0 aliphatic carbocycles. The molecule has 138 valence electrons. The quantitative estimate of drug-likeness (QED) is 0.847. The van der Waals surface area contributed by atoms with Crippen LogP contribution >= 0.6 is 0 Å². The van der Waals surface area contributed by atoms with Crippen molar-refractivity contribution < 1.29 is 13.6 Å². The Labute approximate surface area is 153 Å². The first-order chi connectivity index (χ1) is 12.4. The molecule has 0 N–H and O–H groups in total. The number of halogens is 1. The third-order valence-electron chi connectivity index (χ3n) is 5.64. The molecule has 1 aromatic heterocycles. The number of likely N-dealkylation sites (tertiary alicyclic amines) is 1. The Morgan fingerprint density at radius 2 is 2.08 bits per heavy atom. The smallest absolute Gasteiger partial charge is 0.241 e. The minimum atomic E-state index is -0.315. The first-order valence-electron chi connectivity index (χ1n) is 9.00. The van der Waals surface area contributed by atoms with E-state index in [0.717, 1.165) is 37.6 Å². The van der Waals surface area contributed by atoms with Crippen molar-refractivity contribution in [2.45, 2.75) is 25.4 Å². The highest BCUT2D eigenvalue weighted by Crippen LogP contribution is 2.34. The fourth-order valence-corrected chi connectivity index (χ4v) is 4.15. The minimum Gasteiger partial charge on any atom is -0.465 e. The van der Waals surface area contributed by atoms with E-state index in [2.05, 4.69) is 9.80 Å². The van der Waals surface area contributed by atoms with E-state index >= 15 is 0 Å². The number of anilines is 1. The SMILES string of the molecule is Cc1ccc(CN2CC[C@@]3(C2)CN(c2cccc(F)c2)C(=O)CN3C)o1. The van der Waals surface area contributed by atoms with Crippen molar-refractivity contribution in [1.29, 1.82) is 0 Å². The summed E-state index contributed by atoms with van der Waals surface area (Å²) in [5, 5.41) is 0. The average Bonchev–Trinajstić information content (AvgIpc) is 3.19. The van der Waals surface area contributed by atoms with E-state index in [1.165, 1.54) is 12.1 Å². The summed E-state index contributed by atoms with van der Waals surface area (Å²) in [5.74, 6) is 1.59. The van der Waals surface area contributed by atoms with Gasteiger partial charge in [-0.05, 0) is 50.7 Å². The molecule has 3 heterocycles. The number of nitrogens with zero attached hydrogens (tertiary/aromatic N) is 3. The number of piperazine rings is 1. The van der Waals surface area contributed by atoms with Crippen molar-refractivity contribution >= 4 is 11.6 Å². The Bertz CT molecular complexity index is 821. The van der Waals surface area contributed by atoms with Gasteiger partial charge in [0.25, 0.3) is 0 Å². The van der Waals surface area contributed by atoms with Crippen molar-refractivity contribution in [1.82, 2.24) is 9.80 Å². The molecule has 5 nitrogen and oxygen atoms in total. The lowest BCUT2D eigenvalue weighted by molar-refractivity contribution is -0.123. The van der Waals surface area contributed by atoms with Crippen molar-refractivity contribution in [3.05, 3.63) is 53.7 Å². The van der Waals surface area contributed by atoms with Crippen LogP contribution in [0.15, 0.2) is 40.8 Å². The van der Waals surface area contributed by atoms with E-state index in [1.54, 1.807) is 17.0 Å². The monoisotopic (exact) mass is 357 g/mol. The summed E-state index contributed by atoms with van der Waals surface area (Å²) in [4.78, 5) is 18.8. The Morgan fingerprint density at radius 1 is 1.23 bits per heavy atom. The van der Waals surface area contributed by atoms with Crippen molar-refractivity contribution in [3.63, 3.8) is 0 Å². The zero-order valence-electron chi connectivity index (χ0n) is 15.2. The van der Waals surface area contributed by atoms with Gasteiger partial charge in [0.1, 0.15) is 17.3 Å². The largest absolute Gasteiger partial charge is 0.465 e. The number of hydrogen-bond donors (Lipinski definition) is 0. The van der Waals surface area contributed by atoms with Gasteiger partial charge in [-0.25, -0.2) is 4.39 Å². The number of benzene rings is 1. The summed E-state index contributed by atoms with van der Waals surface area (Å²) in [6.07, 6.45) is 0.974. The molecule has 1 aromatic carbocycles. The Morgan fingerprint density at radius 3 is 2.81 bits per heavy atom. The van der Waals surface area contributed by atoms with Crippen molar-refractivity contribution in [3.8, 4) is 0 Å². The molecular formula is C20H24FN3O2. The number of aryl methyl sites for hydroxylation is 1. The Balaban J connectivity index is 1.52. The number of carbonyl (C=O) groups is 1. The van der Waals surface area contributed by atoms with E-state index in [0.29, 0.717) is 18.8 Å². The van der Waals surface area contributed by atoms with Crippen molar-refractivity contribution in [2.24, 2.45) is 0 Å². The molecule has 0 saturated carbocycles. The lowest BCUT2D eigenvalue weighted by atomic mass is 9.92. The van der Waals surface area contributed by atoms with Crippen LogP contribution in [0.2, 0.25) is 0 Å². The number of amides is 1. The molecule has 6 heteroatoms. The Hall–Kier alpha value is -2.18. The molecule has 1 amide bonds. The second-order valence-corrected chi connectivity index (χ2v) is 7.51. The van der Waals surface area contributed by atoms with Gasteiger partial charge >= 0.3 is 0 Å². The van der Waals surface area contributed by atoms with Crippen LogP contribution < -0.4 is 4.90 Å². The van der Waals surface area contributed by atoms with Crippen LogP contribution in [0.25, 0.3) is 0 Å². The standard InChI is InChI=1S/C20H24FN3O2/c1-15-6-7-18(26-15)11-23-9-8-20(13-23)14-24(19(25)12-22(20)2)17-5-3-4-16(21)10-17/h3-7,10H,8-9,11-14H2,1-2H3/t20-/m1/s1. The second-order valence-electron chi connectivity index (χ2n) is 7.51. The van der Waals surface area contributed by atoms with E-state index in [4.69, 9.17) is 4.42 Å². The third kappa shape index (κ3) is 3.15. The molecule has 1 spiro atoms. The molecular weight excluding hydrogens is 333 g/mol. The van der Waals surface area contributed by atoms with Gasteiger partial charge in [-0.1, -0.05) is 6.07 Å². The predicted molar refractivity (Wildman–Crippen MR) is 97.5 cm³/mol. The van der Waals surface area contributed by atoms with Crippen LogP contribution in [0.1, 0.15) is 17.9 Å². The van der Waals surface area contributed by atoms with Crippen molar-refractivity contribution in [2.75, 3.05) is 38.1 Å². The van der Waals surface area contributed by atoms with Crippen LogP contribution in [0.4, 0.5) is 10.1 Å². The number of likely N-dealkylation sites (N-methyl/N-ethyl adjacent to an activating group) is 1. The summed E-state index contributed by atoms with van der Waals surface area (Å²) in [5.41, 5.74) is 0.532. The molecule has 2 saturated heterocycles. The second kappa shape index (κ2) is 6.52. The maximum absolute atomic E-state index is 13.6. The summed E-state index contributed by atoms with van der Waals surface area (Å²) >= 11 is 0. The van der Waals surface area contributed by atoms with Crippen LogP contribution in [0.5, 0.6) is 0 Å². The summed E-state index contributed by atoms with van der Waals surface area (Å²) in [6.45, 7) is 5.48. The highest BCUT2D eigenvalue weighted by Gasteiger charge is 2.47. The zero-order chi connectivity index (χ0) is 18.3. The maximum Gasteiger partial charge on any atom is 0.241 e. The molecule has 2 fully saturated rings.